The highest BCUT2D eigenvalue weighted by atomic mass is 16.3. The number of piperidine rings is 1. The Balaban J connectivity index is 1.77. The SMILES string of the molecule is CC1(C)[C@]2(C[C@]3(CO)N4C(=O)CCC[C@@H]4C[C@]13O)C(=O)Nc1ccccc12. The molecule has 1 aromatic rings. The van der Waals surface area contributed by atoms with Crippen molar-refractivity contribution in [2.45, 2.75) is 68.5 Å². The Bertz CT molecular complexity index is 867. The number of nitrogens with zero attached hydrogens (tertiary/aromatic N) is 1. The number of carbonyl (C=O) groups excluding carboxylic acids is 2. The van der Waals surface area contributed by atoms with Crippen LogP contribution in [0.15, 0.2) is 24.3 Å². The summed E-state index contributed by atoms with van der Waals surface area (Å²) < 4.78 is 0. The van der Waals surface area contributed by atoms with Gasteiger partial charge in [-0.25, -0.2) is 0 Å². The summed E-state index contributed by atoms with van der Waals surface area (Å²) in [5.74, 6) is -0.166. The third kappa shape index (κ3) is 1.58. The van der Waals surface area contributed by atoms with Crippen LogP contribution < -0.4 is 5.32 Å². The van der Waals surface area contributed by atoms with E-state index >= 15 is 0 Å². The number of benzene rings is 1. The first-order valence-corrected chi connectivity index (χ1v) is 9.82. The van der Waals surface area contributed by atoms with Crippen molar-refractivity contribution >= 4 is 17.5 Å². The number of nitrogens with one attached hydrogen (secondary N) is 1. The van der Waals surface area contributed by atoms with Gasteiger partial charge in [0.05, 0.1) is 23.2 Å². The molecule has 3 heterocycles. The maximum Gasteiger partial charge on any atom is 0.235 e. The Hall–Kier alpha value is -1.92. The molecular formula is C21H26N2O4. The van der Waals surface area contributed by atoms with Gasteiger partial charge < -0.3 is 20.4 Å². The molecule has 1 saturated carbocycles. The van der Waals surface area contributed by atoms with E-state index in [4.69, 9.17) is 0 Å². The number of para-hydroxylation sites is 1. The summed E-state index contributed by atoms with van der Waals surface area (Å²) >= 11 is 0. The predicted octanol–water partition coefficient (Wildman–Crippen LogP) is 1.55. The normalized spacial score (nSPS) is 41.5. The van der Waals surface area contributed by atoms with Crippen molar-refractivity contribution in [2.24, 2.45) is 5.41 Å². The maximum atomic E-state index is 13.3. The van der Waals surface area contributed by atoms with E-state index in [9.17, 15) is 19.8 Å². The minimum absolute atomic E-state index is 0.0178. The quantitative estimate of drug-likeness (QED) is 0.700. The van der Waals surface area contributed by atoms with Crippen LogP contribution in [0.1, 0.15) is 51.5 Å². The molecule has 0 unspecified atom stereocenters. The topological polar surface area (TPSA) is 89.9 Å². The number of hydrogen-bond donors (Lipinski definition) is 3. The lowest BCUT2D eigenvalue weighted by Gasteiger charge is -2.47. The lowest BCUT2D eigenvalue weighted by molar-refractivity contribution is -0.155. The van der Waals surface area contributed by atoms with E-state index < -0.39 is 22.0 Å². The Morgan fingerprint density at radius 3 is 2.74 bits per heavy atom. The molecule has 4 aliphatic rings. The fourth-order valence-corrected chi connectivity index (χ4v) is 6.91. The van der Waals surface area contributed by atoms with E-state index in [0.717, 1.165) is 24.1 Å². The van der Waals surface area contributed by atoms with Crippen LogP contribution in [0.4, 0.5) is 5.69 Å². The fraction of sp³-hybridized carbons (Fsp3) is 0.619. The maximum absolute atomic E-state index is 13.3. The van der Waals surface area contributed by atoms with Crippen LogP contribution in [-0.2, 0) is 15.0 Å². The number of anilines is 1. The molecule has 3 N–H and O–H groups in total. The number of fused-ring (bicyclic) bond motifs is 5. The smallest absolute Gasteiger partial charge is 0.235 e. The van der Waals surface area contributed by atoms with Crippen LogP contribution in [0.3, 0.4) is 0 Å². The summed E-state index contributed by atoms with van der Waals surface area (Å²) in [5.41, 5.74) is -2.69. The van der Waals surface area contributed by atoms with Gasteiger partial charge in [0, 0.05) is 23.6 Å². The van der Waals surface area contributed by atoms with Crippen molar-refractivity contribution in [3.05, 3.63) is 29.8 Å². The number of hydrogen-bond acceptors (Lipinski definition) is 4. The Labute approximate surface area is 158 Å². The van der Waals surface area contributed by atoms with Crippen LogP contribution >= 0.6 is 0 Å². The van der Waals surface area contributed by atoms with Crippen molar-refractivity contribution in [3.8, 4) is 0 Å². The Morgan fingerprint density at radius 1 is 1.26 bits per heavy atom. The van der Waals surface area contributed by atoms with Gasteiger partial charge in [-0.2, -0.15) is 0 Å². The van der Waals surface area contributed by atoms with Gasteiger partial charge in [0.1, 0.15) is 0 Å². The summed E-state index contributed by atoms with van der Waals surface area (Å²) in [6.45, 7) is 3.51. The van der Waals surface area contributed by atoms with Gasteiger partial charge >= 0.3 is 0 Å². The molecule has 3 fully saturated rings. The van der Waals surface area contributed by atoms with Crippen molar-refractivity contribution in [3.63, 3.8) is 0 Å². The molecule has 0 aromatic heterocycles. The lowest BCUT2D eigenvalue weighted by Crippen LogP contribution is -2.63. The molecule has 6 nitrogen and oxygen atoms in total. The van der Waals surface area contributed by atoms with Gasteiger partial charge in [-0.15, -0.1) is 0 Å². The molecule has 6 heteroatoms. The number of carbonyl (C=O) groups is 2. The lowest BCUT2D eigenvalue weighted by atomic mass is 9.59. The molecule has 5 rings (SSSR count). The van der Waals surface area contributed by atoms with Gasteiger partial charge in [-0.1, -0.05) is 32.0 Å². The van der Waals surface area contributed by atoms with Crippen LogP contribution in [-0.4, -0.2) is 50.7 Å². The van der Waals surface area contributed by atoms with E-state index in [-0.39, 0.29) is 30.9 Å². The minimum atomic E-state index is -1.34. The first-order valence-electron chi connectivity index (χ1n) is 9.82. The number of amides is 2. The molecule has 2 amide bonds. The predicted molar refractivity (Wildman–Crippen MR) is 99.0 cm³/mol. The van der Waals surface area contributed by atoms with Crippen LogP contribution in [0.2, 0.25) is 0 Å². The zero-order valence-electron chi connectivity index (χ0n) is 15.8. The van der Waals surface area contributed by atoms with Gasteiger partial charge in [0.15, 0.2) is 0 Å². The van der Waals surface area contributed by atoms with Crippen LogP contribution in [0.5, 0.6) is 0 Å². The molecule has 2 saturated heterocycles. The molecule has 1 spiro atoms. The van der Waals surface area contributed by atoms with Gasteiger partial charge in [0.2, 0.25) is 11.8 Å². The summed E-state index contributed by atoms with van der Waals surface area (Å²) in [5, 5.41) is 25.6. The van der Waals surface area contributed by atoms with Crippen molar-refractivity contribution in [1.82, 2.24) is 4.90 Å². The average Bonchev–Trinajstić information content (AvgIpc) is 3.12. The van der Waals surface area contributed by atoms with E-state index in [1.807, 2.05) is 38.1 Å². The molecule has 4 atom stereocenters. The van der Waals surface area contributed by atoms with E-state index in [1.54, 1.807) is 4.90 Å². The molecule has 1 aromatic carbocycles. The van der Waals surface area contributed by atoms with Crippen molar-refractivity contribution in [1.29, 1.82) is 0 Å². The highest BCUT2D eigenvalue weighted by Gasteiger charge is 2.82. The molecule has 0 radical (unpaired) electrons. The molecule has 1 aliphatic carbocycles. The first-order chi connectivity index (χ1) is 12.7. The molecular weight excluding hydrogens is 344 g/mol. The van der Waals surface area contributed by atoms with Crippen LogP contribution in [0, 0.1) is 5.41 Å². The Morgan fingerprint density at radius 2 is 2.00 bits per heavy atom. The number of aliphatic hydroxyl groups excluding tert-OH is 1. The van der Waals surface area contributed by atoms with Gasteiger partial charge in [-0.05, 0) is 37.3 Å². The highest BCUT2D eigenvalue weighted by Crippen LogP contribution is 2.71. The molecule has 3 aliphatic heterocycles. The zero-order chi connectivity index (χ0) is 19.2. The minimum Gasteiger partial charge on any atom is -0.394 e. The standard InChI is InChI=1S/C21H26N2O4/c1-18(2)20(14-7-3-4-8-15(14)22-17(20)26)11-19(12-24)21(18,27)10-13-6-5-9-16(25)23(13)19/h3-4,7-8,13,24,27H,5-6,9-12H2,1-2H3,(H,22,26)/t13-,19-,20+,21+/m1/s1. The Kier molecular flexibility index (Phi) is 3.13. The molecule has 27 heavy (non-hydrogen) atoms. The highest BCUT2D eigenvalue weighted by molar-refractivity contribution is 6.08. The van der Waals surface area contributed by atoms with E-state index in [2.05, 4.69) is 5.32 Å². The third-order valence-corrected chi connectivity index (χ3v) is 8.27. The second kappa shape index (κ2) is 4.92. The summed E-state index contributed by atoms with van der Waals surface area (Å²) in [6, 6.07) is 7.51. The van der Waals surface area contributed by atoms with E-state index in [1.165, 1.54) is 0 Å². The molecule has 144 valence electrons. The number of aliphatic hydroxyl groups is 2. The largest absolute Gasteiger partial charge is 0.394 e. The summed E-state index contributed by atoms with van der Waals surface area (Å²) in [6.07, 6.45) is 2.73. The van der Waals surface area contributed by atoms with Gasteiger partial charge in [-0.3, -0.25) is 9.59 Å². The van der Waals surface area contributed by atoms with Crippen molar-refractivity contribution < 1.29 is 19.8 Å². The average molecular weight is 370 g/mol. The van der Waals surface area contributed by atoms with Crippen LogP contribution in [0.25, 0.3) is 0 Å². The zero-order valence-corrected chi connectivity index (χ0v) is 15.8. The summed E-state index contributed by atoms with van der Waals surface area (Å²) in [4.78, 5) is 28.0. The van der Waals surface area contributed by atoms with Gasteiger partial charge in [0.25, 0.3) is 0 Å². The van der Waals surface area contributed by atoms with E-state index in [0.29, 0.717) is 12.8 Å². The second-order valence-corrected chi connectivity index (χ2v) is 9.27. The fourth-order valence-electron chi connectivity index (χ4n) is 6.91. The third-order valence-electron chi connectivity index (χ3n) is 8.27. The van der Waals surface area contributed by atoms with Crippen molar-refractivity contribution in [2.75, 3.05) is 11.9 Å². The molecule has 0 bridgehead atoms. The monoisotopic (exact) mass is 370 g/mol. The summed E-state index contributed by atoms with van der Waals surface area (Å²) in [7, 11) is 0. The number of rotatable bonds is 1. The first kappa shape index (κ1) is 17.2. The second-order valence-electron chi connectivity index (χ2n) is 9.27.